The number of hydrogen-bond donors (Lipinski definition) is 1. The smallest absolute Gasteiger partial charge is 0.226 e. The van der Waals surface area contributed by atoms with Gasteiger partial charge in [0.25, 0.3) is 0 Å². The highest BCUT2D eigenvalue weighted by Crippen LogP contribution is 2.44. The van der Waals surface area contributed by atoms with Gasteiger partial charge in [0.05, 0.1) is 17.6 Å². The lowest BCUT2D eigenvalue weighted by atomic mass is 9.76. The molecule has 2 aliphatic heterocycles. The molecule has 0 radical (unpaired) electrons. The number of carbonyl (C=O) groups excluding carboxylic acids is 1. The van der Waals surface area contributed by atoms with Crippen LogP contribution in [0.25, 0.3) is 0 Å². The molecule has 3 aliphatic rings. The summed E-state index contributed by atoms with van der Waals surface area (Å²) in [5.41, 5.74) is 2.99. The quantitative estimate of drug-likeness (QED) is 0.887. The van der Waals surface area contributed by atoms with Crippen LogP contribution >= 0.6 is 0 Å². The van der Waals surface area contributed by atoms with Crippen LogP contribution < -0.4 is 0 Å². The van der Waals surface area contributed by atoms with Crippen LogP contribution in [-0.4, -0.2) is 45.3 Å². The number of imidazole rings is 1. The predicted molar refractivity (Wildman–Crippen MR) is 104 cm³/mol. The predicted octanol–water partition coefficient (Wildman–Crippen LogP) is 3.22. The summed E-state index contributed by atoms with van der Waals surface area (Å²) >= 11 is 0. The molecule has 1 N–H and O–H groups in total. The summed E-state index contributed by atoms with van der Waals surface area (Å²) in [5.74, 6) is 0.359. The molecule has 0 atom stereocenters. The standard InChI is InChI=1S/C22H27FN4O/c23-18-6-1-3-16(13-18)14-26-11-8-22(9-12-26)20-19(24-15-25-20)7-10-27(22)21(28)17-4-2-5-17/h1,3,6,13,15,17H,2,4-5,7-12,14H2,(H,24,25). The second kappa shape index (κ2) is 6.99. The van der Waals surface area contributed by atoms with Gasteiger partial charge in [-0.05, 0) is 43.4 Å². The Hall–Kier alpha value is -2.21. The third-order valence-corrected chi connectivity index (χ3v) is 6.96. The number of nitrogens with one attached hydrogen (secondary N) is 1. The van der Waals surface area contributed by atoms with E-state index in [0.29, 0.717) is 5.91 Å². The molecule has 6 heteroatoms. The second-order valence-corrected chi connectivity index (χ2v) is 8.54. The van der Waals surface area contributed by atoms with E-state index in [1.165, 1.54) is 18.2 Å². The summed E-state index contributed by atoms with van der Waals surface area (Å²) in [4.78, 5) is 25.7. The molecule has 28 heavy (non-hydrogen) atoms. The maximum atomic E-state index is 13.5. The molecule has 1 spiro atoms. The maximum Gasteiger partial charge on any atom is 0.226 e. The lowest BCUT2D eigenvalue weighted by Gasteiger charge is -2.52. The molecule has 1 saturated heterocycles. The van der Waals surface area contributed by atoms with Crippen LogP contribution in [0.5, 0.6) is 0 Å². The van der Waals surface area contributed by atoms with Gasteiger partial charge < -0.3 is 9.88 Å². The number of hydrogen-bond acceptors (Lipinski definition) is 3. The van der Waals surface area contributed by atoms with Crippen molar-refractivity contribution in [2.45, 2.75) is 50.6 Å². The first kappa shape index (κ1) is 17.9. The van der Waals surface area contributed by atoms with Crippen molar-refractivity contribution in [1.29, 1.82) is 0 Å². The van der Waals surface area contributed by atoms with E-state index in [1.807, 2.05) is 6.07 Å². The lowest BCUT2D eigenvalue weighted by Crippen LogP contribution is -2.59. The van der Waals surface area contributed by atoms with Crippen LogP contribution in [-0.2, 0) is 23.3 Å². The number of piperidine rings is 1. The van der Waals surface area contributed by atoms with E-state index >= 15 is 0 Å². The fourth-order valence-corrected chi connectivity index (χ4v) is 5.16. The Morgan fingerprint density at radius 1 is 1.25 bits per heavy atom. The maximum absolute atomic E-state index is 13.5. The SMILES string of the molecule is O=C(C1CCC1)N1CCc2[nH]cnc2C12CCN(Cc1cccc(F)c1)CC2. The first-order valence-electron chi connectivity index (χ1n) is 10.5. The largest absolute Gasteiger partial charge is 0.348 e. The van der Waals surface area contributed by atoms with E-state index in [-0.39, 0.29) is 17.3 Å². The molecule has 0 unspecified atom stereocenters. The highest BCUT2D eigenvalue weighted by atomic mass is 19.1. The van der Waals surface area contributed by atoms with Crippen molar-refractivity contribution in [1.82, 2.24) is 19.8 Å². The summed E-state index contributed by atoms with van der Waals surface area (Å²) in [6, 6.07) is 6.85. The molecule has 0 bridgehead atoms. The van der Waals surface area contributed by atoms with Gasteiger partial charge in [0.15, 0.2) is 0 Å². The zero-order valence-electron chi connectivity index (χ0n) is 16.2. The first-order valence-corrected chi connectivity index (χ1v) is 10.5. The van der Waals surface area contributed by atoms with E-state index in [0.717, 1.165) is 69.5 Å². The van der Waals surface area contributed by atoms with Crippen molar-refractivity contribution in [2.24, 2.45) is 5.92 Å². The van der Waals surface area contributed by atoms with Crippen LogP contribution in [0, 0.1) is 11.7 Å². The molecular formula is C22H27FN4O. The van der Waals surface area contributed by atoms with Gasteiger partial charge in [0, 0.05) is 44.2 Å². The number of nitrogens with zero attached hydrogens (tertiary/aromatic N) is 3. The number of carbonyl (C=O) groups is 1. The number of aromatic nitrogens is 2. The van der Waals surface area contributed by atoms with E-state index in [2.05, 4.69) is 19.8 Å². The number of benzene rings is 1. The van der Waals surface area contributed by atoms with E-state index in [4.69, 9.17) is 0 Å². The zero-order chi connectivity index (χ0) is 19.1. The molecule has 2 aromatic rings. The average molecular weight is 382 g/mol. The third kappa shape index (κ3) is 2.94. The van der Waals surface area contributed by atoms with Gasteiger partial charge in [-0.2, -0.15) is 0 Å². The van der Waals surface area contributed by atoms with Crippen molar-refractivity contribution in [3.63, 3.8) is 0 Å². The van der Waals surface area contributed by atoms with Crippen molar-refractivity contribution >= 4 is 5.91 Å². The summed E-state index contributed by atoms with van der Waals surface area (Å²) < 4.78 is 13.5. The Balaban J connectivity index is 1.37. The van der Waals surface area contributed by atoms with Crippen molar-refractivity contribution in [3.8, 4) is 0 Å². The second-order valence-electron chi connectivity index (χ2n) is 8.54. The number of amides is 1. The number of aromatic amines is 1. The van der Waals surface area contributed by atoms with Crippen LogP contribution in [0.15, 0.2) is 30.6 Å². The highest BCUT2D eigenvalue weighted by molar-refractivity contribution is 5.81. The minimum atomic E-state index is -0.279. The van der Waals surface area contributed by atoms with Gasteiger partial charge in [-0.1, -0.05) is 18.6 Å². The zero-order valence-corrected chi connectivity index (χ0v) is 16.2. The fraction of sp³-hybridized carbons (Fsp3) is 0.545. The molecule has 148 valence electrons. The van der Waals surface area contributed by atoms with Crippen molar-refractivity contribution in [3.05, 3.63) is 53.4 Å². The summed E-state index contributed by atoms with van der Waals surface area (Å²) in [5, 5.41) is 0. The Labute approximate surface area is 164 Å². The minimum Gasteiger partial charge on any atom is -0.348 e. The average Bonchev–Trinajstić information content (AvgIpc) is 3.12. The van der Waals surface area contributed by atoms with Gasteiger partial charge in [0.2, 0.25) is 5.91 Å². The Morgan fingerprint density at radius 3 is 2.79 bits per heavy atom. The highest BCUT2D eigenvalue weighted by Gasteiger charge is 2.50. The van der Waals surface area contributed by atoms with Crippen LogP contribution in [0.3, 0.4) is 0 Å². The normalized spacial score (nSPS) is 22.1. The monoisotopic (exact) mass is 382 g/mol. The topological polar surface area (TPSA) is 52.2 Å². The van der Waals surface area contributed by atoms with Gasteiger partial charge >= 0.3 is 0 Å². The van der Waals surface area contributed by atoms with Gasteiger partial charge in [-0.3, -0.25) is 9.69 Å². The molecule has 5 rings (SSSR count). The van der Waals surface area contributed by atoms with E-state index < -0.39 is 0 Å². The van der Waals surface area contributed by atoms with Crippen LogP contribution in [0.2, 0.25) is 0 Å². The van der Waals surface area contributed by atoms with Gasteiger partial charge in [-0.15, -0.1) is 0 Å². The Kier molecular flexibility index (Phi) is 4.46. The third-order valence-electron chi connectivity index (χ3n) is 6.96. The summed E-state index contributed by atoms with van der Waals surface area (Å²) in [7, 11) is 0. The summed E-state index contributed by atoms with van der Waals surface area (Å²) in [6.45, 7) is 3.31. The molecular weight excluding hydrogens is 355 g/mol. The molecule has 2 fully saturated rings. The first-order chi connectivity index (χ1) is 13.7. The summed E-state index contributed by atoms with van der Waals surface area (Å²) in [6.07, 6.45) is 7.66. The Bertz CT molecular complexity index is 867. The number of rotatable bonds is 3. The molecule has 5 nitrogen and oxygen atoms in total. The van der Waals surface area contributed by atoms with E-state index in [1.54, 1.807) is 18.5 Å². The minimum absolute atomic E-state index is 0.184. The van der Waals surface area contributed by atoms with Gasteiger partial charge in [0.1, 0.15) is 5.82 Å². The Morgan fingerprint density at radius 2 is 2.07 bits per heavy atom. The van der Waals surface area contributed by atoms with Crippen LogP contribution in [0.1, 0.15) is 49.1 Å². The number of H-pyrrole nitrogens is 1. The molecule has 3 heterocycles. The fourth-order valence-electron chi connectivity index (χ4n) is 5.16. The van der Waals surface area contributed by atoms with Crippen molar-refractivity contribution in [2.75, 3.05) is 19.6 Å². The number of likely N-dealkylation sites (tertiary alicyclic amines) is 1. The molecule has 1 saturated carbocycles. The van der Waals surface area contributed by atoms with E-state index in [9.17, 15) is 9.18 Å². The molecule has 1 amide bonds. The molecule has 1 aliphatic carbocycles. The number of halogens is 1. The number of fused-ring (bicyclic) bond motifs is 2. The lowest BCUT2D eigenvalue weighted by molar-refractivity contribution is -0.149. The molecule has 1 aromatic carbocycles. The molecule has 1 aromatic heterocycles. The van der Waals surface area contributed by atoms with Crippen molar-refractivity contribution < 1.29 is 9.18 Å². The van der Waals surface area contributed by atoms with Crippen LogP contribution in [0.4, 0.5) is 4.39 Å². The van der Waals surface area contributed by atoms with Gasteiger partial charge in [-0.25, -0.2) is 9.37 Å².